The highest BCUT2D eigenvalue weighted by Gasteiger charge is 2.36. The van der Waals surface area contributed by atoms with E-state index in [-0.39, 0.29) is 11.9 Å². The standard InChI is InChI=1S/C14H16ClN3O3/c1-2-18-11(13(16)17-14(18)19)8-6-9(15)12-10(7-8)20-4-3-5-21-12/h6-7,11H,2-5H2,1H3,(H2,16,17,19). The van der Waals surface area contributed by atoms with Crippen LogP contribution in [0.5, 0.6) is 11.5 Å². The van der Waals surface area contributed by atoms with E-state index in [0.717, 1.165) is 12.0 Å². The number of nitrogens with zero attached hydrogens (tertiary/aromatic N) is 1. The number of ether oxygens (including phenoxy) is 2. The SMILES string of the molecule is CCN1C(=O)NC(=N)C1c1cc(Cl)c2c(c1)OCCCO2. The van der Waals surface area contributed by atoms with Gasteiger partial charge in [0.05, 0.1) is 18.2 Å². The number of carbonyl (C=O) groups is 1. The van der Waals surface area contributed by atoms with Crippen LogP contribution in [0.1, 0.15) is 24.9 Å². The maximum atomic E-state index is 11.8. The summed E-state index contributed by atoms with van der Waals surface area (Å²) in [6, 6.07) is 2.80. The number of nitrogens with one attached hydrogen (secondary N) is 2. The maximum Gasteiger partial charge on any atom is 0.323 e. The second kappa shape index (κ2) is 5.44. The van der Waals surface area contributed by atoms with Crippen LogP contribution in [-0.2, 0) is 0 Å². The van der Waals surface area contributed by atoms with Crippen LogP contribution >= 0.6 is 11.6 Å². The van der Waals surface area contributed by atoms with Crippen molar-refractivity contribution < 1.29 is 14.3 Å². The van der Waals surface area contributed by atoms with Crippen molar-refractivity contribution in [2.24, 2.45) is 0 Å². The minimum Gasteiger partial charge on any atom is -0.489 e. The predicted octanol–water partition coefficient (Wildman–Crippen LogP) is 2.56. The molecule has 6 nitrogen and oxygen atoms in total. The van der Waals surface area contributed by atoms with Gasteiger partial charge in [-0.25, -0.2) is 4.79 Å². The molecule has 2 heterocycles. The molecule has 1 aromatic carbocycles. The summed E-state index contributed by atoms with van der Waals surface area (Å²) in [6.07, 6.45) is 0.792. The van der Waals surface area contributed by atoms with E-state index in [1.165, 1.54) is 0 Å². The van der Waals surface area contributed by atoms with E-state index in [1.807, 2.05) is 6.92 Å². The summed E-state index contributed by atoms with van der Waals surface area (Å²) in [7, 11) is 0. The fourth-order valence-electron chi connectivity index (χ4n) is 2.61. The number of halogens is 1. The molecular weight excluding hydrogens is 294 g/mol. The molecule has 0 saturated carbocycles. The molecule has 112 valence electrons. The Labute approximate surface area is 127 Å². The summed E-state index contributed by atoms with van der Waals surface area (Å²) in [5.74, 6) is 1.25. The van der Waals surface area contributed by atoms with Crippen LogP contribution in [-0.4, -0.2) is 36.5 Å². The van der Waals surface area contributed by atoms with E-state index >= 15 is 0 Å². The molecule has 1 unspecified atom stereocenters. The quantitative estimate of drug-likeness (QED) is 0.881. The fourth-order valence-corrected chi connectivity index (χ4v) is 2.88. The van der Waals surface area contributed by atoms with Crippen LogP contribution in [0.15, 0.2) is 12.1 Å². The first-order chi connectivity index (χ1) is 10.1. The largest absolute Gasteiger partial charge is 0.489 e. The van der Waals surface area contributed by atoms with Crippen molar-refractivity contribution in [3.8, 4) is 11.5 Å². The summed E-state index contributed by atoms with van der Waals surface area (Å²) in [5, 5.41) is 10.9. The monoisotopic (exact) mass is 309 g/mol. The summed E-state index contributed by atoms with van der Waals surface area (Å²) in [6.45, 7) is 3.50. The van der Waals surface area contributed by atoms with Gasteiger partial charge < -0.3 is 14.4 Å². The molecule has 1 aromatic rings. The number of likely N-dealkylation sites (N-methyl/N-ethyl adjacent to an activating group) is 1. The van der Waals surface area contributed by atoms with Crippen molar-refractivity contribution in [1.82, 2.24) is 10.2 Å². The number of amidine groups is 1. The lowest BCUT2D eigenvalue weighted by atomic mass is 10.0. The van der Waals surface area contributed by atoms with Crippen molar-refractivity contribution in [3.05, 3.63) is 22.7 Å². The predicted molar refractivity (Wildman–Crippen MR) is 78.4 cm³/mol. The first-order valence-electron chi connectivity index (χ1n) is 6.87. The highest BCUT2D eigenvalue weighted by Crippen LogP contribution is 2.41. The summed E-state index contributed by atoms with van der Waals surface area (Å²) < 4.78 is 11.2. The maximum absolute atomic E-state index is 11.8. The molecule has 2 aliphatic heterocycles. The van der Waals surface area contributed by atoms with Crippen molar-refractivity contribution in [2.45, 2.75) is 19.4 Å². The smallest absolute Gasteiger partial charge is 0.323 e. The fraction of sp³-hybridized carbons (Fsp3) is 0.429. The van der Waals surface area contributed by atoms with E-state index in [1.54, 1.807) is 17.0 Å². The Bertz CT molecular complexity index is 605. The first kappa shape index (κ1) is 14.0. The third-order valence-electron chi connectivity index (χ3n) is 3.57. The normalized spacial score (nSPS) is 21.2. The second-order valence-electron chi connectivity index (χ2n) is 4.91. The van der Waals surface area contributed by atoms with Crippen LogP contribution in [0, 0.1) is 5.41 Å². The van der Waals surface area contributed by atoms with E-state index in [0.29, 0.717) is 36.3 Å². The number of amides is 2. The van der Waals surface area contributed by atoms with Crippen molar-refractivity contribution in [3.63, 3.8) is 0 Å². The average Bonchev–Trinajstić information content (AvgIpc) is 2.63. The zero-order chi connectivity index (χ0) is 15.0. The number of rotatable bonds is 2. The lowest BCUT2D eigenvalue weighted by Gasteiger charge is -2.22. The van der Waals surface area contributed by atoms with Gasteiger partial charge in [0.2, 0.25) is 0 Å². The number of hydrogen-bond acceptors (Lipinski definition) is 4. The number of hydrogen-bond donors (Lipinski definition) is 2. The van der Waals surface area contributed by atoms with Gasteiger partial charge in [-0.15, -0.1) is 0 Å². The highest BCUT2D eigenvalue weighted by molar-refractivity contribution is 6.32. The molecule has 21 heavy (non-hydrogen) atoms. The van der Waals surface area contributed by atoms with Gasteiger partial charge in [0, 0.05) is 13.0 Å². The lowest BCUT2D eigenvalue weighted by molar-refractivity contribution is 0.208. The van der Waals surface area contributed by atoms with Crippen LogP contribution in [0.3, 0.4) is 0 Å². The van der Waals surface area contributed by atoms with E-state index < -0.39 is 6.04 Å². The summed E-state index contributed by atoms with van der Waals surface area (Å²) in [5.41, 5.74) is 0.745. The van der Waals surface area contributed by atoms with E-state index in [9.17, 15) is 4.79 Å². The second-order valence-corrected chi connectivity index (χ2v) is 5.32. The Morgan fingerprint density at radius 3 is 2.95 bits per heavy atom. The third kappa shape index (κ3) is 2.40. The van der Waals surface area contributed by atoms with Gasteiger partial charge in [0.1, 0.15) is 11.9 Å². The molecule has 3 rings (SSSR count). The van der Waals surface area contributed by atoms with Gasteiger partial charge in [-0.2, -0.15) is 0 Å². The molecule has 1 saturated heterocycles. The van der Waals surface area contributed by atoms with Crippen LogP contribution in [0.4, 0.5) is 4.79 Å². The molecular formula is C14H16ClN3O3. The van der Waals surface area contributed by atoms with Crippen molar-refractivity contribution in [1.29, 1.82) is 5.41 Å². The van der Waals surface area contributed by atoms with Gasteiger partial charge >= 0.3 is 6.03 Å². The van der Waals surface area contributed by atoms with Crippen LogP contribution < -0.4 is 14.8 Å². The number of urea groups is 1. The lowest BCUT2D eigenvalue weighted by Crippen LogP contribution is -2.29. The number of fused-ring (bicyclic) bond motifs is 1. The summed E-state index contributed by atoms with van der Waals surface area (Å²) >= 11 is 6.27. The average molecular weight is 310 g/mol. The molecule has 0 spiro atoms. The van der Waals surface area contributed by atoms with Gasteiger partial charge in [0.15, 0.2) is 11.5 Å². The van der Waals surface area contributed by atoms with Gasteiger partial charge in [-0.05, 0) is 24.6 Å². The van der Waals surface area contributed by atoms with Crippen LogP contribution in [0.2, 0.25) is 5.02 Å². The Morgan fingerprint density at radius 1 is 1.43 bits per heavy atom. The Hall–Kier alpha value is -1.95. The summed E-state index contributed by atoms with van der Waals surface area (Å²) in [4.78, 5) is 13.4. The molecule has 2 N–H and O–H groups in total. The third-order valence-corrected chi connectivity index (χ3v) is 3.85. The molecule has 1 fully saturated rings. The molecule has 1 atom stereocenters. The topological polar surface area (TPSA) is 74.7 Å². The number of carbonyl (C=O) groups excluding carboxylic acids is 1. The number of benzene rings is 1. The molecule has 2 amide bonds. The minimum absolute atomic E-state index is 0.146. The molecule has 0 bridgehead atoms. The van der Waals surface area contributed by atoms with Gasteiger partial charge in [0.25, 0.3) is 0 Å². The molecule has 0 radical (unpaired) electrons. The molecule has 7 heteroatoms. The first-order valence-corrected chi connectivity index (χ1v) is 7.24. The Balaban J connectivity index is 2.03. The highest BCUT2D eigenvalue weighted by atomic mass is 35.5. The Morgan fingerprint density at radius 2 is 2.19 bits per heavy atom. The van der Waals surface area contributed by atoms with Gasteiger partial charge in [-0.1, -0.05) is 11.6 Å². The van der Waals surface area contributed by atoms with E-state index in [2.05, 4.69) is 5.32 Å². The van der Waals surface area contributed by atoms with Crippen LogP contribution in [0.25, 0.3) is 0 Å². The van der Waals surface area contributed by atoms with Crippen molar-refractivity contribution in [2.75, 3.05) is 19.8 Å². The molecule has 2 aliphatic rings. The Kier molecular flexibility index (Phi) is 3.63. The molecule has 0 aromatic heterocycles. The zero-order valence-corrected chi connectivity index (χ0v) is 12.4. The van der Waals surface area contributed by atoms with E-state index in [4.69, 9.17) is 26.5 Å². The van der Waals surface area contributed by atoms with Crippen molar-refractivity contribution >= 4 is 23.5 Å². The zero-order valence-electron chi connectivity index (χ0n) is 11.6. The molecule has 0 aliphatic carbocycles. The van der Waals surface area contributed by atoms with Gasteiger partial charge in [-0.3, -0.25) is 10.7 Å². The minimum atomic E-state index is -0.461.